The van der Waals surface area contributed by atoms with Crippen LogP contribution in [-0.2, 0) is 4.74 Å². The molecule has 4 heterocycles. The van der Waals surface area contributed by atoms with E-state index in [2.05, 4.69) is 31.6 Å². The first-order valence-electron chi connectivity index (χ1n) is 8.56. The van der Waals surface area contributed by atoms with Gasteiger partial charge in [0.1, 0.15) is 6.33 Å². The van der Waals surface area contributed by atoms with Crippen LogP contribution in [0.15, 0.2) is 12.4 Å². The van der Waals surface area contributed by atoms with Crippen LogP contribution in [0.2, 0.25) is 0 Å². The van der Waals surface area contributed by atoms with Gasteiger partial charge in [-0.15, -0.1) is 10.2 Å². The fourth-order valence-corrected chi connectivity index (χ4v) is 3.61. The van der Waals surface area contributed by atoms with E-state index in [0.717, 1.165) is 56.1 Å². The zero-order valence-corrected chi connectivity index (χ0v) is 13.6. The molecular formula is C16H24N6O. The van der Waals surface area contributed by atoms with Crippen LogP contribution < -0.4 is 5.32 Å². The molecule has 0 saturated carbocycles. The highest BCUT2D eigenvalue weighted by Gasteiger charge is 2.24. The zero-order valence-electron chi connectivity index (χ0n) is 13.6. The lowest BCUT2D eigenvalue weighted by molar-refractivity contribution is 0.0654. The topological polar surface area (TPSA) is 67.6 Å². The molecule has 0 spiro atoms. The summed E-state index contributed by atoms with van der Waals surface area (Å²) in [5.74, 6) is 0. The van der Waals surface area contributed by atoms with Gasteiger partial charge in [0, 0.05) is 32.3 Å². The van der Waals surface area contributed by atoms with Gasteiger partial charge < -0.3 is 15.0 Å². The van der Waals surface area contributed by atoms with Gasteiger partial charge in [-0.05, 0) is 38.7 Å². The molecule has 23 heavy (non-hydrogen) atoms. The summed E-state index contributed by atoms with van der Waals surface area (Å²) < 4.78 is 7.49. The van der Waals surface area contributed by atoms with Crippen molar-refractivity contribution in [3.63, 3.8) is 0 Å². The molecule has 1 unspecified atom stereocenters. The Labute approximate surface area is 136 Å². The molecule has 0 aromatic carbocycles. The number of ether oxygens (including phenoxy) is 1. The number of nitrogens with zero attached hydrogens (tertiary/aromatic N) is 5. The van der Waals surface area contributed by atoms with Crippen LogP contribution in [0.5, 0.6) is 0 Å². The zero-order chi connectivity index (χ0) is 15.6. The van der Waals surface area contributed by atoms with Crippen molar-refractivity contribution in [3.8, 4) is 0 Å². The monoisotopic (exact) mass is 316 g/mol. The Kier molecular flexibility index (Phi) is 4.13. The van der Waals surface area contributed by atoms with E-state index < -0.39 is 0 Å². The summed E-state index contributed by atoms with van der Waals surface area (Å²) in [6.07, 6.45) is 6.84. The van der Waals surface area contributed by atoms with Crippen molar-refractivity contribution >= 4 is 11.3 Å². The van der Waals surface area contributed by atoms with Gasteiger partial charge in [0.2, 0.25) is 5.65 Å². The minimum atomic E-state index is 0.456. The second-order valence-corrected chi connectivity index (χ2v) is 6.65. The van der Waals surface area contributed by atoms with Crippen LogP contribution in [0, 0.1) is 6.92 Å². The standard InChI is InChI=1S/C16H24N6O/c1-12-9-15(16-19-17-11-22(16)20-12)18-13-4-6-21(7-5-13)10-14-3-2-8-23-14/h9,11,13-14,18H,2-8,10H2,1H3. The largest absolute Gasteiger partial charge is 0.379 e. The Morgan fingerprint density at radius 1 is 1.30 bits per heavy atom. The maximum absolute atomic E-state index is 5.75. The van der Waals surface area contributed by atoms with Crippen LogP contribution >= 0.6 is 0 Å². The molecule has 1 N–H and O–H groups in total. The minimum Gasteiger partial charge on any atom is -0.379 e. The third-order valence-electron chi connectivity index (χ3n) is 4.82. The second kappa shape index (κ2) is 6.41. The fourth-order valence-electron chi connectivity index (χ4n) is 3.61. The van der Waals surface area contributed by atoms with Gasteiger partial charge in [0.05, 0.1) is 17.5 Å². The van der Waals surface area contributed by atoms with Crippen molar-refractivity contribution in [2.24, 2.45) is 0 Å². The Morgan fingerprint density at radius 2 is 2.17 bits per heavy atom. The molecule has 0 aliphatic carbocycles. The van der Waals surface area contributed by atoms with Gasteiger partial charge in [0.25, 0.3) is 0 Å². The van der Waals surface area contributed by atoms with Crippen molar-refractivity contribution in [2.75, 3.05) is 31.6 Å². The summed E-state index contributed by atoms with van der Waals surface area (Å²) in [7, 11) is 0. The third-order valence-corrected chi connectivity index (χ3v) is 4.82. The maximum Gasteiger partial charge on any atom is 0.200 e. The van der Waals surface area contributed by atoms with Crippen LogP contribution in [-0.4, -0.2) is 63.1 Å². The summed E-state index contributed by atoms with van der Waals surface area (Å²) in [5.41, 5.74) is 2.81. The van der Waals surface area contributed by atoms with Crippen LogP contribution in [0.4, 0.5) is 5.69 Å². The second-order valence-electron chi connectivity index (χ2n) is 6.65. The quantitative estimate of drug-likeness (QED) is 0.922. The average Bonchev–Trinajstić information content (AvgIpc) is 3.20. The van der Waals surface area contributed by atoms with Crippen molar-refractivity contribution in [1.82, 2.24) is 24.7 Å². The molecule has 1 atom stereocenters. The smallest absolute Gasteiger partial charge is 0.200 e. The summed E-state index contributed by atoms with van der Waals surface area (Å²) in [4.78, 5) is 2.54. The van der Waals surface area contributed by atoms with Crippen molar-refractivity contribution < 1.29 is 4.74 Å². The highest BCUT2D eigenvalue weighted by atomic mass is 16.5. The van der Waals surface area contributed by atoms with Gasteiger partial charge >= 0.3 is 0 Å². The van der Waals surface area contributed by atoms with Gasteiger partial charge in [-0.3, -0.25) is 0 Å². The van der Waals surface area contributed by atoms with Gasteiger partial charge in [-0.1, -0.05) is 0 Å². The number of rotatable bonds is 4. The number of hydrogen-bond donors (Lipinski definition) is 1. The highest BCUT2D eigenvalue weighted by Crippen LogP contribution is 2.21. The Morgan fingerprint density at radius 3 is 2.96 bits per heavy atom. The third kappa shape index (κ3) is 3.30. The number of hydrogen-bond acceptors (Lipinski definition) is 6. The SMILES string of the molecule is Cc1cc(NC2CCN(CC3CCCO3)CC2)c2nncn2n1. The molecule has 0 amide bonds. The maximum atomic E-state index is 5.75. The van der Waals surface area contributed by atoms with Crippen LogP contribution in [0.3, 0.4) is 0 Å². The molecule has 0 bridgehead atoms. The molecule has 7 nitrogen and oxygen atoms in total. The van der Waals surface area contributed by atoms with E-state index >= 15 is 0 Å². The summed E-state index contributed by atoms with van der Waals surface area (Å²) in [5, 5.41) is 16.2. The lowest BCUT2D eigenvalue weighted by atomic mass is 10.0. The van der Waals surface area contributed by atoms with E-state index in [1.165, 1.54) is 12.8 Å². The van der Waals surface area contributed by atoms with E-state index in [9.17, 15) is 0 Å². The van der Waals surface area contributed by atoms with E-state index in [0.29, 0.717) is 12.1 Å². The van der Waals surface area contributed by atoms with Crippen LogP contribution in [0.1, 0.15) is 31.4 Å². The summed E-state index contributed by atoms with van der Waals surface area (Å²) in [6.45, 7) is 6.29. The number of fused-ring (bicyclic) bond motifs is 1. The predicted molar refractivity (Wildman–Crippen MR) is 87.6 cm³/mol. The molecule has 2 fully saturated rings. The van der Waals surface area contributed by atoms with Crippen LogP contribution in [0.25, 0.3) is 5.65 Å². The van der Waals surface area contributed by atoms with Crippen molar-refractivity contribution in [3.05, 3.63) is 18.1 Å². The normalized spacial score (nSPS) is 23.6. The van der Waals surface area contributed by atoms with Crippen molar-refractivity contribution in [1.29, 1.82) is 0 Å². The van der Waals surface area contributed by atoms with Gasteiger partial charge in [-0.2, -0.15) is 9.61 Å². The average molecular weight is 316 g/mol. The Hall–Kier alpha value is -1.73. The van der Waals surface area contributed by atoms with E-state index in [1.54, 1.807) is 10.8 Å². The predicted octanol–water partition coefficient (Wildman–Crippen LogP) is 1.49. The molecule has 4 rings (SSSR count). The molecule has 124 valence electrons. The number of aryl methyl sites for hydroxylation is 1. The van der Waals surface area contributed by atoms with Crippen molar-refractivity contribution in [2.45, 2.75) is 44.8 Å². The van der Waals surface area contributed by atoms with E-state index in [-0.39, 0.29) is 0 Å². The van der Waals surface area contributed by atoms with E-state index in [4.69, 9.17) is 4.74 Å². The molecule has 2 aliphatic rings. The molecule has 2 aromatic rings. The van der Waals surface area contributed by atoms with Gasteiger partial charge in [-0.25, -0.2) is 0 Å². The first-order chi connectivity index (χ1) is 11.3. The fraction of sp³-hybridized carbons (Fsp3) is 0.688. The molecule has 0 radical (unpaired) electrons. The number of likely N-dealkylation sites (tertiary alicyclic amines) is 1. The molecule has 2 aromatic heterocycles. The highest BCUT2D eigenvalue weighted by molar-refractivity contribution is 5.66. The number of aromatic nitrogens is 4. The Balaban J connectivity index is 1.36. The summed E-state index contributed by atoms with van der Waals surface area (Å²) >= 11 is 0. The molecule has 2 saturated heterocycles. The summed E-state index contributed by atoms with van der Waals surface area (Å²) in [6, 6.07) is 2.54. The number of piperidine rings is 1. The van der Waals surface area contributed by atoms with Gasteiger partial charge in [0.15, 0.2) is 0 Å². The first kappa shape index (κ1) is 14.8. The Bertz CT molecular complexity index is 658. The lowest BCUT2D eigenvalue weighted by Gasteiger charge is -2.34. The number of nitrogens with one attached hydrogen (secondary N) is 1. The molecular weight excluding hydrogens is 292 g/mol. The minimum absolute atomic E-state index is 0.456. The lowest BCUT2D eigenvalue weighted by Crippen LogP contribution is -2.42. The molecule has 7 heteroatoms. The molecule has 2 aliphatic heterocycles. The van der Waals surface area contributed by atoms with E-state index in [1.807, 2.05) is 6.92 Å². The number of anilines is 1. The first-order valence-corrected chi connectivity index (χ1v) is 8.56.